The van der Waals surface area contributed by atoms with Crippen molar-refractivity contribution in [2.24, 2.45) is 5.73 Å². The van der Waals surface area contributed by atoms with Crippen LogP contribution in [0.1, 0.15) is 18.4 Å². The van der Waals surface area contributed by atoms with Gasteiger partial charge in [0.2, 0.25) is 0 Å². The Hall–Kier alpha value is -0.900. The van der Waals surface area contributed by atoms with Gasteiger partial charge >= 0.3 is 0 Å². The molecule has 0 amide bonds. The van der Waals surface area contributed by atoms with Crippen LogP contribution >= 0.6 is 0 Å². The Bertz CT molecular complexity index is 300. The van der Waals surface area contributed by atoms with E-state index in [1.165, 1.54) is 5.56 Å². The molecule has 3 heteroatoms. The number of hydrogen-bond donors (Lipinski definition) is 1. The molecule has 0 saturated heterocycles. The number of hydrogen-bond acceptors (Lipinski definition) is 3. The van der Waals surface area contributed by atoms with E-state index in [0.29, 0.717) is 12.5 Å². The average Bonchev–Trinajstić information content (AvgIpc) is 2.34. The summed E-state index contributed by atoms with van der Waals surface area (Å²) in [5.74, 6) is 0.336. The van der Waals surface area contributed by atoms with Crippen LogP contribution in [0.4, 0.5) is 0 Å². The van der Waals surface area contributed by atoms with E-state index in [-0.39, 0.29) is 6.10 Å². The van der Waals surface area contributed by atoms with Gasteiger partial charge in [0.25, 0.3) is 0 Å². The lowest BCUT2D eigenvalue weighted by Gasteiger charge is -2.24. The third-order valence-corrected chi connectivity index (χ3v) is 2.99. The maximum Gasteiger partial charge on any atom is 0.0763 e. The van der Waals surface area contributed by atoms with Crippen LogP contribution < -0.4 is 5.73 Å². The van der Waals surface area contributed by atoms with Crippen molar-refractivity contribution in [2.45, 2.75) is 18.9 Å². The van der Waals surface area contributed by atoms with Crippen LogP contribution in [0.15, 0.2) is 30.3 Å². The summed E-state index contributed by atoms with van der Waals surface area (Å²) in [5.41, 5.74) is 7.07. The van der Waals surface area contributed by atoms with Crippen molar-refractivity contribution in [3.8, 4) is 0 Å². The first kappa shape index (κ1) is 14.2. The number of nitrogens with zero attached hydrogens (tertiary/aromatic N) is 1. The lowest BCUT2D eigenvalue weighted by Crippen LogP contribution is -2.31. The molecule has 0 spiro atoms. The van der Waals surface area contributed by atoms with Crippen LogP contribution in [-0.4, -0.2) is 44.8 Å². The van der Waals surface area contributed by atoms with Gasteiger partial charge < -0.3 is 15.4 Å². The minimum atomic E-state index is 0.0948. The average molecular weight is 236 g/mol. The molecule has 2 unspecified atom stereocenters. The third kappa shape index (κ3) is 4.86. The zero-order valence-electron chi connectivity index (χ0n) is 11.1. The third-order valence-electron chi connectivity index (χ3n) is 2.99. The number of nitrogens with two attached hydrogens (primary N) is 1. The van der Waals surface area contributed by atoms with Crippen molar-refractivity contribution < 1.29 is 4.74 Å². The van der Waals surface area contributed by atoms with Crippen molar-refractivity contribution in [2.75, 3.05) is 33.8 Å². The summed E-state index contributed by atoms with van der Waals surface area (Å²) in [6.45, 7) is 4.38. The Morgan fingerprint density at radius 3 is 2.41 bits per heavy atom. The van der Waals surface area contributed by atoms with Crippen molar-refractivity contribution in [3.63, 3.8) is 0 Å². The van der Waals surface area contributed by atoms with Crippen LogP contribution in [0.2, 0.25) is 0 Å². The zero-order valence-corrected chi connectivity index (χ0v) is 11.1. The second kappa shape index (κ2) is 7.43. The largest absolute Gasteiger partial charge is 0.375 e. The zero-order chi connectivity index (χ0) is 12.7. The van der Waals surface area contributed by atoms with E-state index >= 15 is 0 Å². The van der Waals surface area contributed by atoms with E-state index in [2.05, 4.69) is 36.1 Å². The van der Waals surface area contributed by atoms with E-state index in [0.717, 1.165) is 13.2 Å². The summed E-state index contributed by atoms with van der Waals surface area (Å²) in [5, 5.41) is 0. The Balaban J connectivity index is 2.49. The minimum Gasteiger partial charge on any atom is -0.375 e. The van der Waals surface area contributed by atoms with E-state index in [4.69, 9.17) is 10.5 Å². The van der Waals surface area contributed by atoms with Gasteiger partial charge in [-0.3, -0.25) is 0 Å². The van der Waals surface area contributed by atoms with Gasteiger partial charge in [0, 0.05) is 19.0 Å². The second-order valence-corrected chi connectivity index (χ2v) is 4.65. The fourth-order valence-electron chi connectivity index (χ4n) is 1.77. The monoisotopic (exact) mass is 236 g/mol. The maximum atomic E-state index is 5.85. The SMILES string of the molecule is CC(c1ccccc1)C(CN)OCCN(C)C. The molecule has 1 aromatic rings. The summed E-state index contributed by atoms with van der Waals surface area (Å²) in [7, 11) is 4.09. The molecule has 0 radical (unpaired) electrons. The van der Waals surface area contributed by atoms with Crippen LogP contribution in [0.5, 0.6) is 0 Å². The van der Waals surface area contributed by atoms with E-state index in [1.54, 1.807) is 0 Å². The number of likely N-dealkylation sites (N-methyl/N-ethyl adjacent to an activating group) is 1. The smallest absolute Gasteiger partial charge is 0.0763 e. The summed E-state index contributed by atoms with van der Waals surface area (Å²) >= 11 is 0. The molecule has 0 aromatic heterocycles. The Morgan fingerprint density at radius 1 is 1.24 bits per heavy atom. The molecular formula is C14H24N2O. The Labute approximate surface area is 105 Å². The summed E-state index contributed by atoms with van der Waals surface area (Å²) in [6.07, 6.45) is 0.0948. The maximum absolute atomic E-state index is 5.85. The Kier molecular flexibility index (Phi) is 6.19. The lowest BCUT2D eigenvalue weighted by atomic mass is 9.95. The van der Waals surface area contributed by atoms with Crippen molar-refractivity contribution >= 4 is 0 Å². The minimum absolute atomic E-state index is 0.0948. The molecule has 0 bridgehead atoms. The molecule has 1 aromatic carbocycles. The van der Waals surface area contributed by atoms with E-state index in [9.17, 15) is 0 Å². The van der Waals surface area contributed by atoms with Gasteiger partial charge in [0.15, 0.2) is 0 Å². The molecule has 3 nitrogen and oxygen atoms in total. The predicted octanol–water partition coefficient (Wildman–Crippen LogP) is 1.70. The number of rotatable bonds is 7. The van der Waals surface area contributed by atoms with Gasteiger partial charge in [-0.05, 0) is 19.7 Å². The first-order chi connectivity index (χ1) is 8.15. The molecule has 0 aliphatic heterocycles. The van der Waals surface area contributed by atoms with Crippen molar-refractivity contribution in [1.29, 1.82) is 0 Å². The van der Waals surface area contributed by atoms with Crippen molar-refractivity contribution in [1.82, 2.24) is 4.90 Å². The molecule has 0 aliphatic carbocycles. The first-order valence-electron chi connectivity index (χ1n) is 6.16. The topological polar surface area (TPSA) is 38.5 Å². The molecule has 17 heavy (non-hydrogen) atoms. The normalized spacial score (nSPS) is 14.9. The molecule has 0 aliphatic rings. The highest BCUT2D eigenvalue weighted by atomic mass is 16.5. The van der Waals surface area contributed by atoms with Gasteiger partial charge in [-0.1, -0.05) is 37.3 Å². The van der Waals surface area contributed by atoms with Gasteiger partial charge in [0.05, 0.1) is 12.7 Å². The van der Waals surface area contributed by atoms with Crippen molar-refractivity contribution in [3.05, 3.63) is 35.9 Å². The highest BCUT2D eigenvalue weighted by Crippen LogP contribution is 2.20. The lowest BCUT2D eigenvalue weighted by molar-refractivity contribution is 0.0356. The van der Waals surface area contributed by atoms with Crippen LogP contribution in [0.3, 0.4) is 0 Å². The quantitative estimate of drug-likeness (QED) is 0.783. The van der Waals surface area contributed by atoms with E-state index in [1.807, 2.05) is 20.2 Å². The van der Waals surface area contributed by atoms with Gasteiger partial charge in [-0.2, -0.15) is 0 Å². The second-order valence-electron chi connectivity index (χ2n) is 4.65. The van der Waals surface area contributed by atoms with E-state index < -0.39 is 0 Å². The molecule has 0 heterocycles. The van der Waals surface area contributed by atoms with Gasteiger partial charge in [-0.25, -0.2) is 0 Å². The molecule has 96 valence electrons. The summed E-state index contributed by atoms with van der Waals surface area (Å²) in [6, 6.07) is 10.4. The molecule has 2 atom stereocenters. The summed E-state index contributed by atoms with van der Waals surface area (Å²) in [4.78, 5) is 2.11. The first-order valence-corrected chi connectivity index (χ1v) is 6.16. The molecule has 1 rings (SSSR count). The molecule has 0 saturated carbocycles. The van der Waals surface area contributed by atoms with Crippen LogP contribution in [-0.2, 0) is 4.74 Å². The summed E-state index contributed by atoms with van der Waals surface area (Å²) < 4.78 is 5.85. The molecule has 0 fully saturated rings. The predicted molar refractivity (Wildman–Crippen MR) is 72.2 cm³/mol. The highest BCUT2D eigenvalue weighted by Gasteiger charge is 2.17. The van der Waals surface area contributed by atoms with Gasteiger partial charge in [0.1, 0.15) is 0 Å². The van der Waals surface area contributed by atoms with Gasteiger partial charge in [-0.15, -0.1) is 0 Å². The Morgan fingerprint density at radius 2 is 1.88 bits per heavy atom. The number of ether oxygens (including phenoxy) is 1. The number of benzene rings is 1. The standard InChI is InChI=1S/C14H24N2O/c1-12(13-7-5-4-6-8-13)14(11-15)17-10-9-16(2)3/h4-8,12,14H,9-11,15H2,1-3H3. The highest BCUT2D eigenvalue weighted by molar-refractivity contribution is 5.20. The molecule has 2 N–H and O–H groups in total. The molecular weight excluding hydrogens is 212 g/mol. The fraction of sp³-hybridized carbons (Fsp3) is 0.571. The van der Waals surface area contributed by atoms with Crippen LogP contribution in [0, 0.1) is 0 Å². The fourth-order valence-corrected chi connectivity index (χ4v) is 1.77. The van der Waals surface area contributed by atoms with Crippen LogP contribution in [0.25, 0.3) is 0 Å².